The number of nitriles is 1. The summed E-state index contributed by atoms with van der Waals surface area (Å²) in [6.45, 7) is 5.63. The van der Waals surface area contributed by atoms with Crippen LogP contribution in [0.15, 0.2) is 18.2 Å². The predicted octanol–water partition coefficient (Wildman–Crippen LogP) is 2.47. The van der Waals surface area contributed by atoms with Gasteiger partial charge in [0.05, 0.1) is 0 Å². The maximum atomic E-state index is 13.3. The largest absolute Gasteiger partial charge is 0.479 e. The second kappa shape index (κ2) is 6.87. The molecule has 1 aromatic carbocycles. The summed E-state index contributed by atoms with van der Waals surface area (Å²) in [6, 6.07) is 6.34. The zero-order valence-electron chi connectivity index (χ0n) is 10.2. The fourth-order valence-electron chi connectivity index (χ4n) is 1.43. The highest BCUT2D eigenvalue weighted by molar-refractivity contribution is 5.29. The van der Waals surface area contributed by atoms with E-state index in [0.717, 1.165) is 12.1 Å². The average Bonchev–Trinajstić information content (AvgIpc) is 2.25. The lowest BCUT2D eigenvalue weighted by Crippen LogP contribution is -2.19. The Morgan fingerprint density at radius 1 is 1.41 bits per heavy atom. The van der Waals surface area contributed by atoms with Gasteiger partial charge < -0.3 is 10.1 Å². The molecule has 0 aliphatic heterocycles. The van der Waals surface area contributed by atoms with Gasteiger partial charge in [-0.2, -0.15) is 5.26 Å². The molecule has 1 N–H and O–H groups in total. The van der Waals surface area contributed by atoms with E-state index in [0.29, 0.717) is 18.2 Å². The summed E-state index contributed by atoms with van der Waals surface area (Å²) >= 11 is 0. The molecule has 0 aromatic heterocycles. The lowest BCUT2D eigenvalue weighted by atomic mass is 10.2. The molecule has 0 saturated heterocycles. The molecule has 0 radical (unpaired) electrons. The van der Waals surface area contributed by atoms with Gasteiger partial charge in [-0.15, -0.1) is 0 Å². The lowest BCUT2D eigenvalue weighted by molar-refractivity contribution is 0.365. The molecule has 0 saturated carbocycles. The van der Waals surface area contributed by atoms with Crippen molar-refractivity contribution in [3.05, 3.63) is 29.6 Å². The van der Waals surface area contributed by atoms with Gasteiger partial charge in [-0.05, 0) is 30.2 Å². The number of nitrogens with zero attached hydrogens (tertiary/aromatic N) is 1. The zero-order chi connectivity index (χ0) is 12.7. The number of hydrogen-bond donors (Lipinski definition) is 1. The van der Waals surface area contributed by atoms with Gasteiger partial charge in [-0.25, -0.2) is 4.39 Å². The molecule has 1 rings (SSSR count). The van der Waals surface area contributed by atoms with Gasteiger partial charge in [0, 0.05) is 12.6 Å². The summed E-state index contributed by atoms with van der Waals surface area (Å²) in [4.78, 5) is 0. The van der Waals surface area contributed by atoms with Gasteiger partial charge in [0.2, 0.25) is 0 Å². The number of halogens is 1. The summed E-state index contributed by atoms with van der Waals surface area (Å²) in [7, 11) is 0. The maximum absolute atomic E-state index is 13.3. The van der Waals surface area contributed by atoms with Crippen molar-refractivity contribution >= 4 is 0 Å². The summed E-state index contributed by atoms with van der Waals surface area (Å²) in [6.07, 6.45) is 0. The van der Waals surface area contributed by atoms with Crippen molar-refractivity contribution in [2.24, 2.45) is 5.92 Å². The van der Waals surface area contributed by atoms with E-state index in [-0.39, 0.29) is 12.4 Å². The van der Waals surface area contributed by atoms with Crippen LogP contribution < -0.4 is 10.1 Å². The third kappa shape index (κ3) is 5.32. The fourth-order valence-corrected chi connectivity index (χ4v) is 1.43. The Hall–Kier alpha value is -1.60. The van der Waals surface area contributed by atoms with Gasteiger partial charge in [-0.3, -0.25) is 0 Å². The molecule has 92 valence electrons. The summed E-state index contributed by atoms with van der Waals surface area (Å²) < 4.78 is 18.3. The highest BCUT2D eigenvalue weighted by Gasteiger charge is 2.02. The quantitative estimate of drug-likeness (QED) is 0.825. The molecule has 0 spiro atoms. The minimum Gasteiger partial charge on any atom is -0.479 e. The normalized spacial score (nSPS) is 10.3. The highest BCUT2D eigenvalue weighted by Crippen LogP contribution is 2.16. The molecule has 0 unspecified atom stereocenters. The van der Waals surface area contributed by atoms with Crippen LogP contribution in [0.2, 0.25) is 0 Å². The molecule has 1 aromatic rings. The Labute approximate surface area is 101 Å². The topological polar surface area (TPSA) is 45.0 Å². The highest BCUT2D eigenvalue weighted by atomic mass is 19.1. The van der Waals surface area contributed by atoms with Crippen molar-refractivity contribution in [3.8, 4) is 11.8 Å². The molecule has 0 fully saturated rings. The van der Waals surface area contributed by atoms with Crippen LogP contribution in [-0.4, -0.2) is 13.2 Å². The Kier molecular flexibility index (Phi) is 5.44. The third-order valence-electron chi connectivity index (χ3n) is 2.12. The molecule has 0 atom stereocenters. The van der Waals surface area contributed by atoms with Crippen LogP contribution in [0.5, 0.6) is 5.75 Å². The number of nitrogens with one attached hydrogen (secondary N) is 1. The van der Waals surface area contributed by atoms with Crippen molar-refractivity contribution in [1.82, 2.24) is 5.32 Å². The van der Waals surface area contributed by atoms with Crippen LogP contribution in [-0.2, 0) is 6.54 Å². The SMILES string of the molecule is CC(C)CNCc1cc(F)cc(OCC#N)c1. The third-order valence-corrected chi connectivity index (χ3v) is 2.12. The molecule has 17 heavy (non-hydrogen) atoms. The van der Waals surface area contributed by atoms with E-state index in [2.05, 4.69) is 19.2 Å². The van der Waals surface area contributed by atoms with Crippen molar-refractivity contribution in [3.63, 3.8) is 0 Å². The minimum absolute atomic E-state index is 0.0671. The second-order valence-electron chi connectivity index (χ2n) is 4.27. The Balaban J connectivity index is 2.59. The first-order valence-corrected chi connectivity index (χ1v) is 5.61. The molecule has 4 heteroatoms. The summed E-state index contributed by atoms with van der Waals surface area (Å²) in [5.74, 6) is 0.604. The van der Waals surface area contributed by atoms with Crippen LogP contribution in [0.4, 0.5) is 4.39 Å². The van der Waals surface area contributed by atoms with Gasteiger partial charge >= 0.3 is 0 Å². The number of ether oxygens (including phenoxy) is 1. The predicted molar refractivity (Wildman–Crippen MR) is 64.1 cm³/mol. The van der Waals surface area contributed by atoms with E-state index in [1.54, 1.807) is 6.07 Å². The molecule has 3 nitrogen and oxygen atoms in total. The van der Waals surface area contributed by atoms with Crippen LogP contribution >= 0.6 is 0 Å². The van der Waals surface area contributed by atoms with Gasteiger partial charge in [-0.1, -0.05) is 13.8 Å². The molecule has 0 aliphatic rings. The first kappa shape index (κ1) is 13.5. The molecule has 0 heterocycles. The molecular formula is C13H17FN2O. The van der Waals surface area contributed by atoms with Gasteiger partial charge in [0.1, 0.15) is 17.6 Å². The number of hydrogen-bond acceptors (Lipinski definition) is 3. The molecular weight excluding hydrogens is 219 g/mol. The smallest absolute Gasteiger partial charge is 0.174 e. The second-order valence-corrected chi connectivity index (χ2v) is 4.27. The van der Waals surface area contributed by atoms with Crippen molar-refractivity contribution in [1.29, 1.82) is 5.26 Å². The van der Waals surface area contributed by atoms with E-state index in [9.17, 15) is 4.39 Å². The first-order valence-electron chi connectivity index (χ1n) is 5.61. The van der Waals surface area contributed by atoms with E-state index < -0.39 is 0 Å². The lowest BCUT2D eigenvalue weighted by Gasteiger charge is -2.09. The fraction of sp³-hybridized carbons (Fsp3) is 0.462. The van der Waals surface area contributed by atoms with Crippen LogP contribution in [0.3, 0.4) is 0 Å². The molecule has 0 amide bonds. The zero-order valence-corrected chi connectivity index (χ0v) is 10.2. The van der Waals surface area contributed by atoms with Gasteiger partial charge in [0.25, 0.3) is 0 Å². The molecule has 0 aliphatic carbocycles. The first-order chi connectivity index (χ1) is 8.11. The van der Waals surface area contributed by atoms with Crippen LogP contribution in [0.1, 0.15) is 19.4 Å². The Bertz CT molecular complexity index is 399. The van der Waals surface area contributed by atoms with Crippen LogP contribution in [0.25, 0.3) is 0 Å². The number of rotatable bonds is 6. The Morgan fingerprint density at radius 3 is 2.82 bits per heavy atom. The van der Waals surface area contributed by atoms with E-state index in [4.69, 9.17) is 10.00 Å². The van der Waals surface area contributed by atoms with E-state index >= 15 is 0 Å². The van der Waals surface area contributed by atoms with Crippen molar-refractivity contribution in [2.45, 2.75) is 20.4 Å². The van der Waals surface area contributed by atoms with Crippen molar-refractivity contribution < 1.29 is 9.13 Å². The summed E-state index contributed by atoms with van der Waals surface area (Å²) in [5.41, 5.74) is 0.818. The standard InChI is InChI=1S/C13H17FN2O/c1-10(2)8-16-9-11-5-12(14)7-13(6-11)17-4-3-15/h5-7,10,16H,4,8-9H2,1-2H3. The number of benzene rings is 1. The van der Waals surface area contributed by atoms with Gasteiger partial charge in [0.15, 0.2) is 6.61 Å². The van der Waals surface area contributed by atoms with Crippen LogP contribution in [0, 0.1) is 23.1 Å². The minimum atomic E-state index is -0.346. The van der Waals surface area contributed by atoms with E-state index in [1.807, 2.05) is 6.07 Å². The molecule has 0 bridgehead atoms. The van der Waals surface area contributed by atoms with Crippen molar-refractivity contribution in [2.75, 3.05) is 13.2 Å². The Morgan fingerprint density at radius 2 is 2.18 bits per heavy atom. The van der Waals surface area contributed by atoms with E-state index in [1.165, 1.54) is 12.1 Å². The average molecular weight is 236 g/mol. The monoisotopic (exact) mass is 236 g/mol. The maximum Gasteiger partial charge on any atom is 0.174 e. The summed E-state index contributed by atoms with van der Waals surface area (Å²) in [5, 5.41) is 11.6.